The molecule has 0 aliphatic carbocycles. The molecule has 0 N–H and O–H groups in total. The molecule has 114 valence electrons. The van der Waals surface area contributed by atoms with Gasteiger partial charge in [-0.1, -0.05) is 60.7 Å². The van der Waals surface area contributed by atoms with Gasteiger partial charge in [0.2, 0.25) is 0 Å². The van der Waals surface area contributed by atoms with Gasteiger partial charge < -0.3 is 4.74 Å². The van der Waals surface area contributed by atoms with Gasteiger partial charge in [-0.3, -0.25) is 9.59 Å². The molecule has 0 aliphatic heterocycles. The van der Waals surface area contributed by atoms with Gasteiger partial charge in [0.05, 0.1) is 6.61 Å². The lowest BCUT2D eigenvalue weighted by molar-refractivity contribution is -0.146. The quantitative estimate of drug-likeness (QED) is 0.445. The molecule has 0 bridgehead atoms. The summed E-state index contributed by atoms with van der Waals surface area (Å²) in [4.78, 5) is 24.7. The van der Waals surface area contributed by atoms with Crippen LogP contribution in [0.1, 0.15) is 29.3 Å². The Morgan fingerprint density at radius 1 is 0.955 bits per heavy atom. The lowest BCUT2D eigenvalue weighted by atomic mass is 9.91. The van der Waals surface area contributed by atoms with Crippen LogP contribution in [0.2, 0.25) is 0 Å². The van der Waals surface area contributed by atoms with E-state index in [-0.39, 0.29) is 12.4 Å². The van der Waals surface area contributed by atoms with Gasteiger partial charge >= 0.3 is 5.97 Å². The molecule has 3 nitrogen and oxygen atoms in total. The fourth-order valence-electron chi connectivity index (χ4n) is 2.36. The van der Waals surface area contributed by atoms with Crippen molar-refractivity contribution in [2.75, 3.05) is 6.61 Å². The van der Waals surface area contributed by atoms with Gasteiger partial charge in [-0.2, -0.15) is 0 Å². The highest BCUT2D eigenvalue weighted by Crippen LogP contribution is 2.17. The number of ketones is 1. The first-order valence-corrected chi connectivity index (χ1v) is 7.52. The number of carbonyl (C=O) groups excluding carboxylic acids is 2. The molecule has 0 aliphatic rings. The first kappa shape index (κ1) is 16.0. The molecule has 0 saturated heterocycles. The van der Waals surface area contributed by atoms with Crippen molar-refractivity contribution in [3.05, 3.63) is 71.8 Å². The molecule has 2 aromatic rings. The van der Waals surface area contributed by atoms with E-state index in [9.17, 15) is 9.59 Å². The second-order valence-corrected chi connectivity index (χ2v) is 5.06. The average molecular weight is 296 g/mol. The Labute approximate surface area is 130 Å². The van der Waals surface area contributed by atoms with Crippen molar-refractivity contribution in [2.24, 2.45) is 5.92 Å². The number of Topliss-reactive ketones (excluding diaryl/α,β-unsaturated/α-hetero) is 1. The largest absolute Gasteiger partial charge is 0.465 e. The summed E-state index contributed by atoms with van der Waals surface area (Å²) in [5.41, 5.74) is 1.66. The molecule has 2 aromatic carbocycles. The van der Waals surface area contributed by atoms with Crippen LogP contribution < -0.4 is 0 Å². The van der Waals surface area contributed by atoms with Crippen molar-refractivity contribution in [3.63, 3.8) is 0 Å². The predicted molar refractivity (Wildman–Crippen MR) is 85.7 cm³/mol. The maximum Gasteiger partial charge on any atom is 0.316 e. The predicted octanol–water partition coefficient (Wildman–Crippen LogP) is 3.68. The highest BCUT2D eigenvalue weighted by Gasteiger charge is 2.28. The molecule has 0 heterocycles. The Morgan fingerprint density at radius 3 is 2.14 bits per heavy atom. The zero-order valence-corrected chi connectivity index (χ0v) is 12.7. The maximum atomic E-state index is 12.6. The van der Waals surface area contributed by atoms with Crippen molar-refractivity contribution in [1.29, 1.82) is 0 Å². The van der Waals surface area contributed by atoms with Crippen molar-refractivity contribution >= 4 is 11.8 Å². The third-order valence-corrected chi connectivity index (χ3v) is 3.51. The summed E-state index contributed by atoms with van der Waals surface area (Å²) in [6.45, 7) is 2.03. The number of rotatable bonds is 7. The minimum atomic E-state index is -0.748. The standard InChI is InChI=1S/C19H20O3/c1-2-22-19(21)17(14-13-15-9-5-3-6-10-15)18(20)16-11-7-4-8-12-16/h3-12,17H,2,13-14H2,1H3. The van der Waals surface area contributed by atoms with E-state index >= 15 is 0 Å². The first-order valence-electron chi connectivity index (χ1n) is 7.52. The second kappa shape index (κ2) is 8.13. The van der Waals surface area contributed by atoms with Crippen LogP contribution in [0, 0.1) is 5.92 Å². The molecule has 1 unspecified atom stereocenters. The van der Waals surface area contributed by atoms with Crippen LogP contribution in [0.25, 0.3) is 0 Å². The van der Waals surface area contributed by atoms with Gasteiger partial charge in [0, 0.05) is 5.56 Å². The Balaban J connectivity index is 2.12. The zero-order valence-electron chi connectivity index (χ0n) is 12.7. The first-order chi connectivity index (χ1) is 10.7. The summed E-state index contributed by atoms with van der Waals surface area (Å²) >= 11 is 0. The van der Waals surface area contributed by atoms with Crippen LogP contribution in [0.5, 0.6) is 0 Å². The smallest absolute Gasteiger partial charge is 0.316 e. The molecular weight excluding hydrogens is 276 g/mol. The van der Waals surface area contributed by atoms with Gasteiger partial charge in [0.15, 0.2) is 5.78 Å². The van der Waals surface area contributed by atoms with E-state index in [4.69, 9.17) is 4.74 Å². The highest BCUT2D eigenvalue weighted by molar-refractivity contribution is 6.08. The van der Waals surface area contributed by atoms with E-state index < -0.39 is 11.9 Å². The van der Waals surface area contributed by atoms with E-state index in [0.717, 1.165) is 5.56 Å². The number of hydrogen-bond donors (Lipinski definition) is 0. The molecule has 0 amide bonds. The average Bonchev–Trinajstić information content (AvgIpc) is 2.57. The van der Waals surface area contributed by atoms with E-state index in [1.807, 2.05) is 36.4 Å². The van der Waals surface area contributed by atoms with Gasteiger partial charge in [-0.25, -0.2) is 0 Å². The molecule has 3 heteroatoms. The zero-order chi connectivity index (χ0) is 15.8. The number of hydrogen-bond acceptors (Lipinski definition) is 3. The summed E-state index contributed by atoms with van der Waals surface area (Å²) < 4.78 is 5.08. The molecule has 0 fully saturated rings. The third-order valence-electron chi connectivity index (χ3n) is 3.51. The van der Waals surface area contributed by atoms with Gasteiger partial charge in [0.25, 0.3) is 0 Å². The Morgan fingerprint density at radius 2 is 1.55 bits per heavy atom. The molecule has 0 saturated carbocycles. The summed E-state index contributed by atoms with van der Waals surface area (Å²) in [5, 5.41) is 0. The molecular formula is C19H20O3. The van der Waals surface area contributed by atoms with Crippen LogP contribution >= 0.6 is 0 Å². The molecule has 0 radical (unpaired) electrons. The SMILES string of the molecule is CCOC(=O)C(CCc1ccccc1)C(=O)c1ccccc1. The van der Waals surface area contributed by atoms with Gasteiger partial charge in [-0.15, -0.1) is 0 Å². The second-order valence-electron chi connectivity index (χ2n) is 5.06. The van der Waals surface area contributed by atoms with Crippen LogP contribution in [-0.4, -0.2) is 18.4 Å². The summed E-state index contributed by atoms with van der Waals surface area (Å²) in [5.74, 6) is -1.36. The maximum absolute atomic E-state index is 12.6. The summed E-state index contributed by atoms with van der Waals surface area (Å²) in [7, 11) is 0. The number of esters is 1. The summed E-state index contributed by atoms with van der Waals surface area (Å²) in [6.07, 6.45) is 1.12. The Kier molecular flexibility index (Phi) is 5.90. The van der Waals surface area contributed by atoms with Crippen molar-refractivity contribution < 1.29 is 14.3 Å². The minimum Gasteiger partial charge on any atom is -0.465 e. The highest BCUT2D eigenvalue weighted by atomic mass is 16.5. The molecule has 0 aromatic heterocycles. The Hall–Kier alpha value is -2.42. The summed E-state index contributed by atoms with van der Waals surface area (Å²) in [6, 6.07) is 18.8. The molecule has 22 heavy (non-hydrogen) atoms. The van der Waals surface area contributed by atoms with Crippen LogP contribution in [0.15, 0.2) is 60.7 Å². The molecule has 2 rings (SSSR count). The third kappa shape index (κ3) is 4.29. The van der Waals surface area contributed by atoms with Crippen LogP contribution in [0.3, 0.4) is 0 Å². The lowest BCUT2D eigenvalue weighted by Crippen LogP contribution is -2.27. The van der Waals surface area contributed by atoms with E-state index in [1.54, 1.807) is 31.2 Å². The Bertz CT molecular complexity index is 605. The van der Waals surface area contributed by atoms with Crippen molar-refractivity contribution in [3.8, 4) is 0 Å². The van der Waals surface area contributed by atoms with Gasteiger partial charge in [-0.05, 0) is 25.3 Å². The topological polar surface area (TPSA) is 43.4 Å². The van der Waals surface area contributed by atoms with E-state index in [2.05, 4.69) is 0 Å². The van der Waals surface area contributed by atoms with Crippen LogP contribution in [0.4, 0.5) is 0 Å². The van der Waals surface area contributed by atoms with E-state index in [1.165, 1.54) is 0 Å². The van der Waals surface area contributed by atoms with Crippen LogP contribution in [-0.2, 0) is 16.0 Å². The number of carbonyl (C=O) groups is 2. The molecule has 0 spiro atoms. The van der Waals surface area contributed by atoms with Crippen molar-refractivity contribution in [2.45, 2.75) is 19.8 Å². The fraction of sp³-hybridized carbons (Fsp3) is 0.263. The number of ether oxygens (including phenoxy) is 1. The monoisotopic (exact) mass is 296 g/mol. The number of benzene rings is 2. The van der Waals surface area contributed by atoms with E-state index in [0.29, 0.717) is 18.4 Å². The fourth-order valence-corrected chi connectivity index (χ4v) is 2.36. The van der Waals surface area contributed by atoms with Crippen molar-refractivity contribution in [1.82, 2.24) is 0 Å². The lowest BCUT2D eigenvalue weighted by Gasteiger charge is -2.14. The normalized spacial score (nSPS) is 11.7. The van der Waals surface area contributed by atoms with Gasteiger partial charge in [0.1, 0.15) is 5.92 Å². The minimum absolute atomic E-state index is 0.171. The molecule has 1 atom stereocenters. The number of aryl methyl sites for hydroxylation is 1.